The van der Waals surface area contributed by atoms with Gasteiger partial charge in [-0.1, -0.05) is 30.8 Å². The van der Waals surface area contributed by atoms with Gasteiger partial charge in [0, 0.05) is 18.6 Å². The lowest BCUT2D eigenvalue weighted by Crippen LogP contribution is -2.06. The summed E-state index contributed by atoms with van der Waals surface area (Å²) < 4.78 is 16.4. The highest BCUT2D eigenvalue weighted by Crippen LogP contribution is 2.25. The number of hydrogen-bond donors (Lipinski definition) is 1. The number of esters is 1. The Hall–Kier alpha value is -2.79. The van der Waals surface area contributed by atoms with E-state index in [9.17, 15) is 4.79 Å². The highest BCUT2D eigenvalue weighted by molar-refractivity contribution is 5.86. The SMILES string of the molecule is C=C(C)C(=O)OCCCCCCOc1ccc(-c2ccc(OCCCO)cc2)cc1. The van der Waals surface area contributed by atoms with Crippen molar-refractivity contribution >= 4 is 5.97 Å². The van der Waals surface area contributed by atoms with E-state index in [-0.39, 0.29) is 12.6 Å². The van der Waals surface area contributed by atoms with Crippen molar-refractivity contribution in [2.75, 3.05) is 26.4 Å². The number of unbranched alkanes of at least 4 members (excludes halogenated alkanes) is 3. The summed E-state index contributed by atoms with van der Waals surface area (Å²) in [7, 11) is 0. The molecule has 2 aromatic carbocycles. The Bertz CT molecular complexity index is 765. The van der Waals surface area contributed by atoms with Crippen LogP contribution in [0.2, 0.25) is 0 Å². The summed E-state index contributed by atoms with van der Waals surface area (Å²) in [5, 5.41) is 8.80. The van der Waals surface area contributed by atoms with Gasteiger partial charge in [0.1, 0.15) is 11.5 Å². The molecule has 0 unspecified atom stereocenters. The second kappa shape index (κ2) is 13.4. The molecule has 0 atom stereocenters. The number of rotatable bonds is 14. The number of hydrogen-bond acceptors (Lipinski definition) is 5. The molecule has 0 radical (unpaired) electrons. The Kier molecular flexibility index (Phi) is 10.5. The van der Waals surface area contributed by atoms with E-state index in [1.54, 1.807) is 6.92 Å². The molecule has 2 rings (SSSR count). The largest absolute Gasteiger partial charge is 0.494 e. The molecule has 0 saturated carbocycles. The lowest BCUT2D eigenvalue weighted by Gasteiger charge is -2.09. The van der Waals surface area contributed by atoms with E-state index in [0.29, 0.717) is 31.8 Å². The molecule has 0 bridgehead atoms. The molecule has 0 aliphatic carbocycles. The normalized spacial score (nSPS) is 10.5. The molecule has 0 fully saturated rings. The van der Waals surface area contributed by atoms with Crippen LogP contribution in [-0.4, -0.2) is 37.5 Å². The molecule has 162 valence electrons. The van der Waals surface area contributed by atoms with Crippen LogP contribution in [-0.2, 0) is 9.53 Å². The first-order valence-electron chi connectivity index (χ1n) is 10.5. The zero-order chi connectivity index (χ0) is 21.6. The molecule has 0 amide bonds. The molecule has 2 aromatic rings. The van der Waals surface area contributed by atoms with Gasteiger partial charge in [0.25, 0.3) is 0 Å². The lowest BCUT2D eigenvalue weighted by molar-refractivity contribution is -0.139. The van der Waals surface area contributed by atoms with Gasteiger partial charge in [0.15, 0.2) is 0 Å². The molecule has 1 N–H and O–H groups in total. The van der Waals surface area contributed by atoms with Crippen LogP contribution in [0.3, 0.4) is 0 Å². The molecule has 5 nitrogen and oxygen atoms in total. The summed E-state index contributed by atoms with van der Waals surface area (Å²) >= 11 is 0. The van der Waals surface area contributed by atoms with Gasteiger partial charge < -0.3 is 19.3 Å². The summed E-state index contributed by atoms with van der Waals surface area (Å²) in [4.78, 5) is 11.3. The number of ether oxygens (including phenoxy) is 3. The van der Waals surface area contributed by atoms with E-state index in [2.05, 4.69) is 6.58 Å². The van der Waals surface area contributed by atoms with Crippen LogP contribution in [0.4, 0.5) is 0 Å². The first-order chi connectivity index (χ1) is 14.6. The molecule has 30 heavy (non-hydrogen) atoms. The van der Waals surface area contributed by atoms with Gasteiger partial charge in [-0.2, -0.15) is 0 Å². The Morgan fingerprint density at radius 2 is 1.23 bits per heavy atom. The number of carbonyl (C=O) groups is 1. The summed E-state index contributed by atoms with van der Waals surface area (Å²) in [5.74, 6) is 1.35. The Morgan fingerprint density at radius 3 is 1.70 bits per heavy atom. The van der Waals surface area contributed by atoms with E-state index in [4.69, 9.17) is 19.3 Å². The van der Waals surface area contributed by atoms with E-state index >= 15 is 0 Å². The zero-order valence-electron chi connectivity index (χ0n) is 17.8. The molecular weight excluding hydrogens is 380 g/mol. The van der Waals surface area contributed by atoms with Crippen molar-refractivity contribution in [3.63, 3.8) is 0 Å². The maximum atomic E-state index is 11.3. The fourth-order valence-electron chi connectivity index (χ4n) is 2.78. The van der Waals surface area contributed by atoms with Gasteiger partial charge in [-0.25, -0.2) is 4.79 Å². The fourth-order valence-corrected chi connectivity index (χ4v) is 2.78. The molecule has 0 aliphatic rings. The minimum absolute atomic E-state index is 0.138. The average molecular weight is 413 g/mol. The Labute approximate surface area is 179 Å². The molecule has 5 heteroatoms. The van der Waals surface area contributed by atoms with Gasteiger partial charge in [0.2, 0.25) is 0 Å². The van der Waals surface area contributed by atoms with E-state index in [1.165, 1.54) is 0 Å². The van der Waals surface area contributed by atoms with E-state index in [0.717, 1.165) is 48.3 Å². The van der Waals surface area contributed by atoms with Crippen molar-refractivity contribution in [3.8, 4) is 22.6 Å². The molecule has 0 aliphatic heterocycles. The smallest absolute Gasteiger partial charge is 0.333 e. The van der Waals surface area contributed by atoms with Gasteiger partial charge in [-0.3, -0.25) is 0 Å². The highest BCUT2D eigenvalue weighted by atomic mass is 16.5. The van der Waals surface area contributed by atoms with Crippen LogP contribution in [0.1, 0.15) is 39.0 Å². The number of benzene rings is 2. The number of aliphatic hydroxyl groups excluding tert-OH is 1. The standard InChI is InChI=1S/C25H32O5/c1-20(2)25(27)30-18-6-4-3-5-17-28-23-12-8-21(9-13-23)22-10-14-24(15-11-22)29-19-7-16-26/h8-15,26H,1,3-7,16-19H2,2H3. The van der Waals surface area contributed by atoms with Crippen LogP contribution in [0, 0.1) is 0 Å². The third-order valence-electron chi connectivity index (χ3n) is 4.50. The molecular formula is C25H32O5. The lowest BCUT2D eigenvalue weighted by atomic mass is 10.1. The summed E-state index contributed by atoms with van der Waals surface area (Å²) in [6, 6.07) is 16.0. The van der Waals surface area contributed by atoms with Crippen LogP contribution in [0.15, 0.2) is 60.7 Å². The van der Waals surface area contributed by atoms with Crippen molar-refractivity contribution in [1.82, 2.24) is 0 Å². The fraction of sp³-hybridized carbons (Fsp3) is 0.400. The first-order valence-corrected chi connectivity index (χ1v) is 10.5. The maximum Gasteiger partial charge on any atom is 0.333 e. The second-order valence-corrected chi connectivity index (χ2v) is 7.15. The van der Waals surface area contributed by atoms with Crippen LogP contribution >= 0.6 is 0 Å². The molecule has 0 saturated heterocycles. The Balaban J connectivity index is 1.64. The van der Waals surface area contributed by atoms with Gasteiger partial charge in [-0.15, -0.1) is 0 Å². The minimum Gasteiger partial charge on any atom is -0.494 e. The highest BCUT2D eigenvalue weighted by Gasteiger charge is 2.03. The first kappa shape index (κ1) is 23.5. The molecule has 0 aromatic heterocycles. The van der Waals surface area contributed by atoms with Crippen molar-refractivity contribution < 1.29 is 24.1 Å². The van der Waals surface area contributed by atoms with Crippen LogP contribution in [0.25, 0.3) is 11.1 Å². The third kappa shape index (κ3) is 8.70. The Morgan fingerprint density at radius 1 is 0.767 bits per heavy atom. The van der Waals surface area contributed by atoms with E-state index < -0.39 is 0 Å². The van der Waals surface area contributed by atoms with Gasteiger partial charge in [0.05, 0.1) is 19.8 Å². The zero-order valence-corrected chi connectivity index (χ0v) is 17.8. The van der Waals surface area contributed by atoms with Gasteiger partial charge in [-0.05, 0) is 68.0 Å². The quantitative estimate of drug-likeness (QED) is 0.263. The van der Waals surface area contributed by atoms with Crippen LogP contribution in [0.5, 0.6) is 11.5 Å². The predicted octanol–water partition coefficient (Wildman–Crippen LogP) is 5.17. The van der Waals surface area contributed by atoms with E-state index in [1.807, 2.05) is 48.5 Å². The maximum absolute atomic E-state index is 11.3. The summed E-state index contributed by atoms with van der Waals surface area (Å²) in [6.07, 6.45) is 4.50. The minimum atomic E-state index is -0.316. The molecule has 0 spiro atoms. The average Bonchev–Trinajstić information content (AvgIpc) is 2.76. The monoisotopic (exact) mass is 412 g/mol. The topological polar surface area (TPSA) is 65.0 Å². The summed E-state index contributed by atoms with van der Waals surface area (Å²) in [5.41, 5.74) is 2.67. The van der Waals surface area contributed by atoms with Crippen molar-refractivity contribution in [2.45, 2.75) is 39.0 Å². The number of carbonyl (C=O) groups excluding carboxylic acids is 1. The van der Waals surface area contributed by atoms with Crippen molar-refractivity contribution in [2.24, 2.45) is 0 Å². The van der Waals surface area contributed by atoms with Crippen molar-refractivity contribution in [1.29, 1.82) is 0 Å². The summed E-state index contributed by atoms with van der Waals surface area (Å²) in [6.45, 7) is 6.99. The number of aliphatic hydroxyl groups is 1. The van der Waals surface area contributed by atoms with Gasteiger partial charge >= 0.3 is 5.97 Å². The molecule has 0 heterocycles. The predicted molar refractivity (Wildman–Crippen MR) is 119 cm³/mol. The third-order valence-corrected chi connectivity index (χ3v) is 4.50. The van der Waals surface area contributed by atoms with Crippen molar-refractivity contribution in [3.05, 3.63) is 60.7 Å². The van der Waals surface area contributed by atoms with Crippen LogP contribution < -0.4 is 9.47 Å². The second-order valence-electron chi connectivity index (χ2n) is 7.15.